The Hall–Kier alpha value is -1.30. The van der Waals surface area contributed by atoms with E-state index in [0.717, 1.165) is 51.6 Å². The van der Waals surface area contributed by atoms with E-state index in [9.17, 15) is 71.5 Å². The van der Waals surface area contributed by atoms with Gasteiger partial charge in [0.2, 0.25) is 0 Å². The van der Waals surface area contributed by atoms with Crippen LogP contribution in [0.25, 0.3) is 0 Å². The van der Waals surface area contributed by atoms with Crippen molar-refractivity contribution in [3.8, 4) is 0 Å². The molecule has 26 heteroatoms. The fourth-order valence-corrected chi connectivity index (χ4v) is 16.7. The van der Waals surface area contributed by atoms with Gasteiger partial charge >= 0.3 is 0 Å². The van der Waals surface area contributed by atoms with Gasteiger partial charge in [0.15, 0.2) is 37.2 Å². The van der Waals surface area contributed by atoms with Crippen LogP contribution in [0, 0.1) is 46.3 Å². The highest BCUT2D eigenvalue weighted by Gasteiger charge is 2.69. The molecule has 0 amide bonds. The first kappa shape index (κ1) is 62.3. The Balaban J connectivity index is 0.793. The monoisotopic (exact) mass is 1180 g/mol. The van der Waals surface area contributed by atoms with Gasteiger partial charge in [-0.25, -0.2) is 0 Å². The number of allylic oxidation sites excluding steroid dienone is 1. The Morgan fingerprint density at radius 1 is 0.537 bits per heavy atom. The predicted octanol–water partition coefficient (Wildman–Crippen LogP) is -3.50. The molecule has 0 bridgehead atoms. The van der Waals surface area contributed by atoms with Crippen molar-refractivity contribution >= 4 is 0 Å². The molecule has 35 atom stereocenters. The van der Waals surface area contributed by atoms with Crippen molar-refractivity contribution in [2.75, 3.05) is 33.0 Å². The van der Waals surface area contributed by atoms with Gasteiger partial charge < -0.3 is 128 Å². The molecule has 0 aromatic heterocycles. The highest BCUT2D eigenvalue weighted by atomic mass is 16.8. The molecular weight excluding hydrogens is 1090 g/mol. The molecule has 35 unspecified atom stereocenters. The second-order valence-corrected chi connectivity index (χ2v) is 26.2. The van der Waals surface area contributed by atoms with E-state index in [1.165, 1.54) is 12.5 Å². The molecule has 3 saturated carbocycles. The number of hydrogen-bond donors (Lipinski definition) is 14. The Morgan fingerprint density at radius 2 is 1.15 bits per heavy atom. The van der Waals surface area contributed by atoms with E-state index in [2.05, 4.69) is 33.8 Å². The summed E-state index contributed by atoms with van der Waals surface area (Å²) in [5.41, 5.74) is 1.36. The van der Waals surface area contributed by atoms with E-state index < -0.39 is 186 Å². The average Bonchev–Trinajstić information content (AvgIpc) is 1.57. The summed E-state index contributed by atoms with van der Waals surface area (Å²) < 4.78 is 73.6. The van der Waals surface area contributed by atoms with Crippen LogP contribution in [0.1, 0.15) is 92.4 Å². The molecule has 11 aliphatic rings. The third kappa shape index (κ3) is 10.8. The molecule has 0 radical (unpaired) electrons. The summed E-state index contributed by atoms with van der Waals surface area (Å²) in [6.07, 6.45) is -32.2. The summed E-state index contributed by atoms with van der Waals surface area (Å²) >= 11 is 0. The van der Waals surface area contributed by atoms with Gasteiger partial charge in [-0.05, 0) is 98.7 Å². The van der Waals surface area contributed by atoms with Crippen molar-refractivity contribution in [3.05, 3.63) is 11.6 Å². The minimum atomic E-state index is -2.12. The normalized spacial score (nSPS) is 56.9. The van der Waals surface area contributed by atoms with E-state index >= 15 is 0 Å². The number of rotatable bonds is 13. The number of aliphatic hydroxyl groups is 14. The van der Waals surface area contributed by atoms with Crippen molar-refractivity contribution in [1.29, 1.82) is 0 Å². The maximum atomic E-state index is 12.0. The summed E-state index contributed by atoms with van der Waals surface area (Å²) in [7, 11) is 0. The highest BCUT2D eigenvalue weighted by Crippen LogP contribution is 2.71. The third-order valence-corrected chi connectivity index (χ3v) is 21.5. The van der Waals surface area contributed by atoms with Crippen molar-refractivity contribution in [1.82, 2.24) is 0 Å². The molecule has 7 aliphatic heterocycles. The summed E-state index contributed by atoms with van der Waals surface area (Å²) in [6.45, 7) is 8.34. The van der Waals surface area contributed by atoms with Crippen LogP contribution in [0.3, 0.4) is 0 Å². The molecule has 7 heterocycles. The van der Waals surface area contributed by atoms with Gasteiger partial charge in [0.05, 0.1) is 51.3 Å². The summed E-state index contributed by atoms with van der Waals surface area (Å²) in [5.74, 6) is 2.31. The van der Waals surface area contributed by atoms with E-state index in [1.807, 2.05) is 0 Å². The number of ether oxygens (including phenoxy) is 12. The zero-order chi connectivity index (χ0) is 58.6. The summed E-state index contributed by atoms with van der Waals surface area (Å²) in [5, 5.41) is 154. The standard InChI is InChI=1S/C56H90O26/c1-21-8-13-56(72-19-21)22(2)34-30(82-56)15-28-26-7-6-24-14-25(9-11-54(24,4)27(26)10-12-55(28,34)5)74-51-43(69)40(66)45(33(18-59)77-51)78-53-48(47(38(64)32(17-58)76-53)80-49-41(67)36(62)29(60)20-71-49)81-52-44(70)46(37(63)31(16-57)75-52)79-50-42(68)39(65)35(61)23(3)73-50/h6,21-23,25-53,57-70H,7-20H2,1-5H3. The van der Waals surface area contributed by atoms with Crippen molar-refractivity contribution in [3.63, 3.8) is 0 Å². The largest absolute Gasteiger partial charge is 0.394 e. The maximum absolute atomic E-state index is 12.0. The molecule has 11 rings (SSSR count). The fraction of sp³-hybridized carbons (Fsp3) is 0.964. The maximum Gasteiger partial charge on any atom is 0.187 e. The first-order chi connectivity index (χ1) is 39.0. The van der Waals surface area contributed by atoms with Gasteiger partial charge in [-0.15, -0.1) is 0 Å². The van der Waals surface area contributed by atoms with Crippen LogP contribution in [0.2, 0.25) is 0 Å². The lowest BCUT2D eigenvalue weighted by Crippen LogP contribution is -2.69. The summed E-state index contributed by atoms with van der Waals surface area (Å²) in [4.78, 5) is 0. The Bertz CT molecular complexity index is 2190. The number of hydrogen-bond acceptors (Lipinski definition) is 26. The van der Waals surface area contributed by atoms with Crippen LogP contribution in [-0.2, 0) is 56.8 Å². The van der Waals surface area contributed by atoms with E-state index in [4.69, 9.17) is 56.8 Å². The molecule has 1 spiro atoms. The molecule has 7 saturated heterocycles. The van der Waals surface area contributed by atoms with E-state index in [-0.39, 0.29) is 16.9 Å². The second kappa shape index (κ2) is 24.2. The molecule has 10 fully saturated rings. The molecular formula is C56H90O26. The first-order valence-electron chi connectivity index (χ1n) is 29.8. The zero-order valence-electron chi connectivity index (χ0n) is 47.1. The summed E-state index contributed by atoms with van der Waals surface area (Å²) in [6, 6.07) is 0. The molecule has 4 aliphatic carbocycles. The van der Waals surface area contributed by atoms with Crippen LogP contribution in [0.5, 0.6) is 0 Å². The molecule has 26 nitrogen and oxygen atoms in total. The molecule has 82 heavy (non-hydrogen) atoms. The predicted molar refractivity (Wildman–Crippen MR) is 273 cm³/mol. The molecule has 14 N–H and O–H groups in total. The average molecular weight is 1180 g/mol. The van der Waals surface area contributed by atoms with Crippen LogP contribution in [0.4, 0.5) is 0 Å². The van der Waals surface area contributed by atoms with E-state index in [1.54, 1.807) is 0 Å². The topological polar surface area (TPSA) is 394 Å². The third-order valence-electron chi connectivity index (χ3n) is 21.5. The quantitative estimate of drug-likeness (QED) is 0.0796. The Kier molecular flexibility index (Phi) is 18.4. The minimum Gasteiger partial charge on any atom is -0.394 e. The van der Waals surface area contributed by atoms with Crippen molar-refractivity contribution in [2.45, 2.75) is 258 Å². The van der Waals surface area contributed by atoms with Gasteiger partial charge in [0.1, 0.15) is 110 Å². The van der Waals surface area contributed by atoms with Crippen LogP contribution in [-0.4, -0.2) is 270 Å². The van der Waals surface area contributed by atoms with Gasteiger partial charge in [0.25, 0.3) is 0 Å². The lowest BCUT2D eigenvalue weighted by molar-refractivity contribution is -0.409. The number of aliphatic hydroxyl groups excluding tert-OH is 14. The number of fused-ring (bicyclic) bond motifs is 7. The molecule has 470 valence electrons. The molecule has 0 aromatic carbocycles. The van der Waals surface area contributed by atoms with Gasteiger partial charge in [-0.2, -0.15) is 0 Å². The van der Waals surface area contributed by atoms with Crippen LogP contribution >= 0.6 is 0 Å². The Labute approximate surface area is 476 Å². The fourth-order valence-electron chi connectivity index (χ4n) is 16.7. The van der Waals surface area contributed by atoms with E-state index in [0.29, 0.717) is 48.3 Å². The molecule has 0 aromatic rings. The van der Waals surface area contributed by atoms with Gasteiger partial charge in [-0.3, -0.25) is 0 Å². The van der Waals surface area contributed by atoms with Crippen LogP contribution in [0.15, 0.2) is 11.6 Å². The second-order valence-electron chi connectivity index (χ2n) is 26.2. The van der Waals surface area contributed by atoms with Crippen LogP contribution < -0.4 is 0 Å². The van der Waals surface area contributed by atoms with Gasteiger partial charge in [-0.1, -0.05) is 39.3 Å². The minimum absolute atomic E-state index is 0.0802. The zero-order valence-corrected chi connectivity index (χ0v) is 47.1. The first-order valence-corrected chi connectivity index (χ1v) is 29.8. The SMILES string of the molecule is CC1CCC2(OC1)OC1CC3C4CC=C5CC(OC6OC(CO)C(OC7OC(CO)C(O)C(OC8OCC(O)C(O)C8O)C7OC7OC(CO)C(O)C(OC8OC(C)C(O)C(O)C8O)C7O)C(O)C6O)CCC5(C)C4CCC3(C)C1C2C. The van der Waals surface area contributed by atoms with Gasteiger partial charge in [0, 0.05) is 12.3 Å². The highest BCUT2D eigenvalue weighted by molar-refractivity contribution is 5.26. The van der Waals surface area contributed by atoms with Crippen molar-refractivity contribution in [2.24, 2.45) is 46.3 Å². The lowest BCUT2D eigenvalue weighted by atomic mass is 9.47. The smallest absolute Gasteiger partial charge is 0.187 e. The Morgan fingerprint density at radius 3 is 1.84 bits per heavy atom. The van der Waals surface area contributed by atoms with Crippen molar-refractivity contribution < 1.29 is 128 Å². The lowest BCUT2D eigenvalue weighted by Gasteiger charge is -2.58.